The minimum absolute atomic E-state index is 0.258. The van der Waals surface area contributed by atoms with Crippen LogP contribution in [0.5, 0.6) is 0 Å². The van der Waals surface area contributed by atoms with Gasteiger partial charge in [-0.25, -0.2) is 13.4 Å². The normalized spacial score (nSPS) is 18.6. The molecule has 10 heteroatoms. The number of aromatic nitrogens is 1. The Morgan fingerprint density at radius 1 is 1.26 bits per heavy atom. The van der Waals surface area contributed by atoms with E-state index in [2.05, 4.69) is 10.3 Å². The highest BCUT2D eigenvalue weighted by Crippen LogP contribution is 2.32. The molecule has 0 radical (unpaired) electrons. The zero-order valence-corrected chi connectivity index (χ0v) is 17.3. The second-order valence-corrected chi connectivity index (χ2v) is 10.7. The first kappa shape index (κ1) is 18.8. The van der Waals surface area contributed by atoms with Gasteiger partial charge >= 0.3 is 0 Å². The van der Waals surface area contributed by atoms with Gasteiger partial charge in [0.2, 0.25) is 5.91 Å². The lowest BCUT2D eigenvalue weighted by Crippen LogP contribution is -2.49. The number of rotatable bonds is 4. The lowest BCUT2D eigenvalue weighted by molar-refractivity contribution is -0.120. The zero-order chi connectivity index (χ0) is 19.0. The van der Waals surface area contributed by atoms with Crippen LogP contribution in [0.3, 0.4) is 0 Å². The first-order valence-electron chi connectivity index (χ1n) is 8.38. The number of carbonyl (C=O) groups excluding carboxylic acids is 1. The molecule has 1 aromatic carbocycles. The summed E-state index contributed by atoms with van der Waals surface area (Å²) in [5.41, 5.74) is 0.631. The van der Waals surface area contributed by atoms with Crippen molar-refractivity contribution in [2.24, 2.45) is 0 Å². The van der Waals surface area contributed by atoms with Gasteiger partial charge in [0.15, 0.2) is 5.13 Å². The molecule has 6 nitrogen and oxygen atoms in total. The lowest BCUT2D eigenvalue weighted by Gasteiger charge is -2.32. The van der Waals surface area contributed by atoms with Crippen LogP contribution in [0.25, 0.3) is 10.2 Å². The lowest BCUT2D eigenvalue weighted by atomic mass is 10.0. The number of fused-ring (bicyclic) bond motifs is 1. The van der Waals surface area contributed by atoms with E-state index in [1.165, 1.54) is 15.6 Å². The van der Waals surface area contributed by atoms with Gasteiger partial charge in [-0.2, -0.15) is 4.31 Å². The Morgan fingerprint density at radius 3 is 2.85 bits per heavy atom. The smallest absolute Gasteiger partial charge is 0.253 e. The molecule has 1 saturated heterocycles. The van der Waals surface area contributed by atoms with E-state index in [1.807, 2.05) is 12.1 Å². The summed E-state index contributed by atoms with van der Waals surface area (Å²) in [5, 5.41) is 5.44. The number of piperidine rings is 1. The average molecular weight is 442 g/mol. The van der Waals surface area contributed by atoms with Crippen molar-refractivity contribution in [3.8, 4) is 0 Å². The Kier molecular flexibility index (Phi) is 5.21. The number of halogens is 1. The minimum Gasteiger partial charge on any atom is -0.301 e. The van der Waals surface area contributed by atoms with E-state index >= 15 is 0 Å². The third-order valence-corrected chi connectivity index (χ3v) is 8.94. The van der Waals surface area contributed by atoms with Gasteiger partial charge in [-0.3, -0.25) is 4.79 Å². The Balaban J connectivity index is 1.59. The highest BCUT2D eigenvalue weighted by molar-refractivity contribution is 7.91. The van der Waals surface area contributed by atoms with E-state index in [4.69, 9.17) is 11.6 Å². The third kappa shape index (κ3) is 3.62. The summed E-state index contributed by atoms with van der Waals surface area (Å²) in [6.45, 7) is 0.337. The monoisotopic (exact) mass is 441 g/mol. The molecule has 1 atom stereocenters. The van der Waals surface area contributed by atoms with E-state index < -0.39 is 16.1 Å². The van der Waals surface area contributed by atoms with Gasteiger partial charge in [-0.1, -0.05) is 41.5 Å². The van der Waals surface area contributed by atoms with Crippen molar-refractivity contribution >= 4 is 65.6 Å². The van der Waals surface area contributed by atoms with Crippen molar-refractivity contribution in [3.63, 3.8) is 0 Å². The van der Waals surface area contributed by atoms with E-state index in [1.54, 1.807) is 23.6 Å². The maximum absolute atomic E-state index is 12.9. The van der Waals surface area contributed by atoms with Crippen LogP contribution in [0, 0.1) is 0 Å². The molecule has 3 heterocycles. The maximum atomic E-state index is 12.9. The van der Waals surface area contributed by atoms with E-state index in [9.17, 15) is 13.2 Å². The number of thiophene rings is 1. The van der Waals surface area contributed by atoms with Gasteiger partial charge in [-0.05, 0) is 36.4 Å². The number of para-hydroxylation sites is 1. The van der Waals surface area contributed by atoms with E-state index in [0.717, 1.165) is 28.9 Å². The molecule has 2 aromatic heterocycles. The fraction of sp³-hybridized carbons (Fsp3) is 0.294. The number of anilines is 1. The second kappa shape index (κ2) is 7.48. The number of hydrogen-bond acceptors (Lipinski definition) is 6. The number of carbonyl (C=O) groups is 1. The Bertz CT molecular complexity index is 1080. The van der Waals surface area contributed by atoms with Gasteiger partial charge in [0, 0.05) is 6.54 Å². The summed E-state index contributed by atoms with van der Waals surface area (Å²) in [5.74, 6) is -0.356. The number of sulfonamides is 1. The highest BCUT2D eigenvalue weighted by atomic mass is 35.5. The third-order valence-electron chi connectivity index (χ3n) is 4.41. The molecule has 1 aliphatic heterocycles. The van der Waals surface area contributed by atoms with Gasteiger partial charge in [-0.15, -0.1) is 11.3 Å². The molecule has 0 bridgehead atoms. The van der Waals surface area contributed by atoms with Crippen molar-refractivity contribution < 1.29 is 13.2 Å². The van der Waals surface area contributed by atoms with Crippen LogP contribution in [0.2, 0.25) is 5.02 Å². The van der Waals surface area contributed by atoms with Crippen LogP contribution in [-0.4, -0.2) is 36.2 Å². The summed E-state index contributed by atoms with van der Waals surface area (Å²) in [7, 11) is -3.68. The van der Waals surface area contributed by atoms with Crippen LogP contribution in [0.1, 0.15) is 19.3 Å². The van der Waals surface area contributed by atoms with Crippen LogP contribution in [-0.2, 0) is 14.8 Å². The molecule has 3 aromatic rings. The summed E-state index contributed by atoms with van der Waals surface area (Å²) in [6.07, 6.45) is 2.04. The first-order valence-corrected chi connectivity index (χ1v) is 11.9. The largest absolute Gasteiger partial charge is 0.301 e. The number of hydrogen-bond donors (Lipinski definition) is 1. The van der Waals surface area contributed by atoms with Crippen molar-refractivity contribution in [2.45, 2.75) is 29.5 Å². The molecule has 0 aliphatic carbocycles. The molecule has 142 valence electrons. The van der Waals surface area contributed by atoms with Gasteiger partial charge in [0.25, 0.3) is 10.0 Å². The molecule has 1 fully saturated rings. The molecule has 1 aliphatic rings. The van der Waals surface area contributed by atoms with Crippen LogP contribution in [0.4, 0.5) is 5.13 Å². The number of thiazole rings is 1. The first-order chi connectivity index (χ1) is 13.0. The van der Waals surface area contributed by atoms with Crippen LogP contribution >= 0.6 is 34.3 Å². The minimum atomic E-state index is -3.68. The molecule has 0 unspecified atom stereocenters. The maximum Gasteiger partial charge on any atom is 0.253 e. The van der Waals surface area contributed by atoms with Crippen molar-refractivity contribution in [2.75, 3.05) is 11.9 Å². The highest BCUT2D eigenvalue weighted by Gasteiger charge is 2.38. The van der Waals surface area contributed by atoms with Crippen molar-refractivity contribution in [1.29, 1.82) is 0 Å². The van der Waals surface area contributed by atoms with E-state index in [-0.39, 0.29) is 10.1 Å². The predicted molar refractivity (Wildman–Crippen MR) is 109 cm³/mol. The zero-order valence-electron chi connectivity index (χ0n) is 14.1. The number of benzene rings is 1. The van der Waals surface area contributed by atoms with Gasteiger partial charge < -0.3 is 5.32 Å². The van der Waals surface area contributed by atoms with Crippen LogP contribution in [0.15, 0.2) is 39.9 Å². The molecule has 1 amide bonds. The average Bonchev–Trinajstić information content (AvgIpc) is 3.32. The van der Waals surface area contributed by atoms with Crippen molar-refractivity contribution in [1.82, 2.24) is 9.29 Å². The molecule has 27 heavy (non-hydrogen) atoms. The summed E-state index contributed by atoms with van der Waals surface area (Å²) in [4.78, 5) is 17.2. The number of nitrogens with zero attached hydrogens (tertiary/aromatic N) is 2. The molecule has 1 N–H and O–H groups in total. The second-order valence-electron chi connectivity index (χ2n) is 6.15. The molecule has 0 saturated carbocycles. The standard InChI is InChI=1S/C17H16ClN3O3S3/c18-11-5-3-7-13-15(11)19-17(26-13)20-16(22)12-6-1-2-9-21(12)27(23,24)14-8-4-10-25-14/h3-5,7-8,10,12H,1-2,6,9H2,(H,19,20,22)/t12-/m1/s1. The molecular weight excluding hydrogens is 426 g/mol. The van der Waals surface area contributed by atoms with Gasteiger partial charge in [0.1, 0.15) is 15.8 Å². The molecular formula is C17H16ClN3O3S3. The molecule has 0 spiro atoms. The van der Waals surface area contributed by atoms with Gasteiger partial charge in [0.05, 0.1) is 9.72 Å². The number of amides is 1. The van der Waals surface area contributed by atoms with E-state index in [0.29, 0.717) is 28.6 Å². The predicted octanol–water partition coefficient (Wildman–Crippen LogP) is 4.19. The molecule has 4 rings (SSSR count). The Morgan fingerprint density at radius 2 is 2.11 bits per heavy atom. The summed E-state index contributed by atoms with van der Waals surface area (Å²) in [6, 6.07) is 7.97. The SMILES string of the molecule is O=C(Nc1nc2c(Cl)cccc2s1)[C@H]1CCCCN1S(=O)(=O)c1cccs1. The fourth-order valence-electron chi connectivity index (χ4n) is 3.14. The number of nitrogens with one attached hydrogen (secondary N) is 1. The topological polar surface area (TPSA) is 79.4 Å². The summed E-state index contributed by atoms with van der Waals surface area (Å²) >= 11 is 8.62. The summed E-state index contributed by atoms with van der Waals surface area (Å²) < 4.78 is 28.3. The fourth-order valence-corrected chi connectivity index (χ4v) is 7.08. The van der Waals surface area contributed by atoms with Crippen LogP contribution < -0.4 is 5.32 Å². The Hall–Kier alpha value is -1.52. The van der Waals surface area contributed by atoms with Crippen molar-refractivity contribution in [3.05, 3.63) is 40.7 Å². The quantitative estimate of drug-likeness (QED) is 0.658. The Labute approximate surface area is 169 Å².